The largest absolute Gasteiger partial charge is 0.453 e. The lowest BCUT2D eigenvalue weighted by Crippen LogP contribution is -2.45. The summed E-state index contributed by atoms with van der Waals surface area (Å²) in [5.41, 5.74) is 1.09. The van der Waals surface area contributed by atoms with Crippen LogP contribution in [0.1, 0.15) is 12.5 Å². The predicted molar refractivity (Wildman–Crippen MR) is 75.6 cm³/mol. The molecule has 0 saturated carbocycles. The molecule has 1 atom stereocenters. The van der Waals surface area contributed by atoms with Gasteiger partial charge in [-0.25, -0.2) is 4.79 Å². The number of ether oxygens (including phenoxy) is 1. The van der Waals surface area contributed by atoms with Gasteiger partial charge in [-0.1, -0.05) is 28.1 Å². The Morgan fingerprint density at radius 3 is 2.47 bits per heavy atom. The average molecular weight is 329 g/mol. The van der Waals surface area contributed by atoms with Crippen LogP contribution in [0, 0.1) is 0 Å². The first-order valence-corrected chi connectivity index (χ1v) is 6.57. The molecule has 0 saturated heterocycles. The molecule has 0 radical (unpaired) electrons. The molecule has 0 spiro atoms. The Kier molecular flexibility index (Phi) is 5.98. The summed E-state index contributed by atoms with van der Waals surface area (Å²) < 4.78 is 5.40. The number of hydrogen-bond donors (Lipinski definition) is 1. The Bertz CT molecular complexity index is 448. The fourth-order valence-corrected chi connectivity index (χ4v) is 1.74. The summed E-state index contributed by atoms with van der Waals surface area (Å²) >= 11 is 3.37. The smallest absolute Gasteiger partial charge is 0.413 e. The van der Waals surface area contributed by atoms with Gasteiger partial charge < -0.3 is 4.74 Å². The lowest BCUT2D eigenvalue weighted by molar-refractivity contribution is -0.124. The molecule has 5 nitrogen and oxygen atoms in total. The normalized spacial score (nSPS) is 12.1. The monoisotopic (exact) mass is 328 g/mol. The molecule has 0 aliphatic heterocycles. The van der Waals surface area contributed by atoms with Crippen molar-refractivity contribution in [2.75, 3.05) is 14.2 Å². The zero-order chi connectivity index (χ0) is 14.4. The maximum Gasteiger partial charge on any atom is 0.413 e. The van der Waals surface area contributed by atoms with Crippen LogP contribution in [-0.4, -0.2) is 37.1 Å². The van der Waals surface area contributed by atoms with Gasteiger partial charge in [0.2, 0.25) is 5.91 Å². The maximum atomic E-state index is 11.7. The highest BCUT2D eigenvalue weighted by Crippen LogP contribution is 2.12. The molecular weight excluding hydrogens is 312 g/mol. The molecule has 1 rings (SSSR count). The van der Waals surface area contributed by atoms with Crippen LogP contribution in [0.4, 0.5) is 4.79 Å². The van der Waals surface area contributed by atoms with Crippen LogP contribution in [0.5, 0.6) is 0 Å². The predicted octanol–water partition coefficient (Wildman–Crippen LogP) is 2.15. The van der Waals surface area contributed by atoms with Crippen LogP contribution in [0.25, 0.3) is 0 Å². The summed E-state index contributed by atoms with van der Waals surface area (Å²) in [6.07, 6.45) is -0.742. The summed E-state index contributed by atoms with van der Waals surface area (Å²) in [7, 11) is 3.04. The first kappa shape index (κ1) is 15.7. The molecule has 0 aliphatic rings. The van der Waals surface area contributed by atoms with Crippen molar-refractivity contribution >= 4 is 27.9 Å². The lowest BCUT2D eigenvalue weighted by Gasteiger charge is -2.23. The molecule has 0 aliphatic carbocycles. The number of benzene rings is 1. The Hall–Kier alpha value is -1.40. The summed E-state index contributed by atoms with van der Waals surface area (Å²) in [4.78, 5) is 24.6. The van der Waals surface area contributed by atoms with Gasteiger partial charge in [-0.2, -0.15) is 0 Å². The van der Waals surface area contributed by atoms with Crippen molar-refractivity contribution in [3.05, 3.63) is 34.3 Å². The fourth-order valence-electron chi connectivity index (χ4n) is 1.47. The van der Waals surface area contributed by atoms with E-state index in [0.29, 0.717) is 6.54 Å². The van der Waals surface area contributed by atoms with Crippen molar-refractivity contribution in [2.45, 2.75) is 19.5 Å². The number of carbonyl (C=O) groups is 2. The van der Waals surface area contributed by atoms with Gasteiger partial charge in [0.15, 0.2) is 0 Å². The molecule has 1 N–H and O–H groups in total. The molecule has 6 heteroatoms. The maximum absolute atomic E-state index is 11.7. The number of amides is 2. The van der Waals surface area contributed by atoms with E-state index in [9.17, 15) is 9.59 Å². The van der Waals surface area contributed by atoms with E-state index in [0.717, 1.165) is 10.0 Å². The number of likely N-dealkylation sites (N-methyl/N-ethyl adjacent to an activating group) is 1. The fraction of sp³-hybridized carbons (Fsp3) is 0.385. The third-order valence-corrected chi connectivity index (χ3v) is 3.33. The second-order valence-electron chi connectivity index (χ2n) is 4.20. The summed E-state index contributed by atoms with van der Waals surface area (Å²) in [5.74, 6) is -0.383. The zero-order valence-corrected chi connectivity index (χ0v) is 12.7. The first-order chi connectivity index (χ1) is 8.93. The molecule has 19 heavy (non-hydrogen) atoms. The average Bonchev–Trinajstić information content (AvgIpc) is 2.40. The van der Waals surface area contributed by atoms with E-state index in [1.54, 1.807) is 6.92 Å². The third kappa shape index (κ3) is 5.00. The molecule has 2 amide bonds. The van der Waals surface area contributed by atoms with E-state index in [1.165, 1.54) is 7.11 Å². The lowest BCUT2D eigenvalue weighted by atomic mass is 10.2. The Morgan fingerprint density at radius 1 is 1.37 bits per heavy atom. The van der Waals surface area contributed by atoms with E-state index < -0.39 is 12.1 Å². The first-order valence-electron chi connectivity index (χ1n) is 5.77. The van der Waals surface area contributed by atoms with Gasteiger partial charge >= 0.3 is 6.09 Å². The second-order valence-corrected chi connectivity index (χ2v) is 5.11. The number of hydrogen-bond acceptors (Lipinski definition) is 4. The van der Waals surface area contributed by atoms with Crippen LogP contribution in [0.2, 0.25) is 0 Å². The molecule has 0 bridgehead atoms. The van der Waals surface area contributed by atoms with E-state index in [2.05, 4.69) is 26.0 Å². The van der Waals surface area contributed by atoms with E-state index in [-0.39, 0.29) is 5.91 Å². The summed E-state index contributed by atoms with van der Waals surface area (Å²) in [6, 6.07) is 7.42. The van der Waals surface area contributed by atoms with Crippen molar-refractivity contribution < 1.29 is 14.3 Å². The van der Waals surface area contributed by atoms with E-state index >= 15 is 0 Å². The molecule has 0 fully saturated rings. The minimum absolute atomic E-state index is 0.383. The number of imide groups is 1. The third-order valence-electron chi connectivity index (χ3n) is 2.80. The van der Waals surface area contributed by atoms with Gasteiger partial charge in [-0.3, -0.25) is 15.0 Å². The summed E-state index contributed by atoms with van der Waals surface area (Å²) in [5, 5.41) is 2.16. The highest BCUT2D eigenvalue weighted by atomic mass is 79.9. The zero-order valence-electron chi connectivity index (χ0n) is 11.1. The minimum Gasteiger partial charge on any atom is -0.453 e. The van der Waals surface area contributed by atoms with Crippen LogP contribution >= 0.6 is 15.9 Å². The van der Waals surface area contributed by atoms with E-state index in [4.69, 9.17) is 0 Å². The quantitative estimate of drug-likeness (QED) is 0.920. The van der Waals surface area contributed by atoms with Gasteiger partial charge in [0, 0.05) is 11.0 Å². The number of rotatable bonds is 4. The van der Waals surface area contributed by atoms with Crippen LogP contribution in [0.15, 0.2) is 28.7 Å². The van der Waals surface area contributed by atoms with Crippen LogP contribution < -0.4 is 5.32 Å². The molecule has 0 aromatic heterocycles. The minimum atomic E-state index is -0.742. The molecule has 1 aromatic rings. The van der Waals surface area contributed by atoms with Crippen LogP contribution in [0.3, 0.4) is 0 Å². The van der Waals surface area contributed by atoms with Gasteiger partial charge in [0.05, 0.1) is 13.2 Å². The number of alkyl carbamates (subject to hydrolysis) is 1. The van der Waals surface area contributed by atoms with Gasteiger partial charge in [-0.05, 0) is 31.7 Å². The standard InChI is InChI=1S/C13H17BrN2O3/c1-9(12(17)15-13(18)19-3)16(2)8-10-4-6-11(14)7-5-10/h4-7,9H,8H2,1-3H3,(H,15,17,18)/t9-/m0/s1. The van der Waals surface area contributed by atoms with E-state index in [1.807, 2.05) is 36.2 Å². The topological polar surface area (TPSA) is 58.6 Å². The molecule has 0 unspecified atom stereocenters. The van der Waals surface area contributed by atoms with Gasteiger partial charge in [0.25, 0.3) is 0 Å². The number of carbonyl (C=O) groups excluding carboxylic acids is 2. The Morgan fingerprint density at radius 2 is 1.95 bits per heavy atom. The highest BCUT2D eigenvalue weighted by Gasteiger charge is 2.20. The molecular formula is C13H17BrN2O3. The number of nitrogens with one attached hydrogen (secondary N) is 1. The second kappa shape index (κ2) is 7.25. The summed E-state index contributed by atoms with van der Waals surface area (Å²) in [6.45, 7) is 2.35. The van der Waals surface area contributed by atoms with Crippen molar-refractivity contribution in [1.82, 2.24) is 10.2 Å². The van der Waals surface area contributed by atoms with Crippen molar-refractivity contribution in [3.8, 4) is 0 Å². The molecule has 1 aromatic carbocycles. The number of methoxy groups -OCH3 is 1. The molecule has 0 heterocycles. The number of halogens is 1. The van der Waals surface area contributed by atoms with Crippen molar-refractivity contribution in [2.24, 2.45) is 0 Å². The van der Waals surface area contributed by atoms with Crippen LogP contribution in [-0.2, 0) is 16.1 Å². The number of nitrogens with zero attached hydrogens (tertiary/aromatic N) is 1. The molecule has 104 valence electrons. The Balaban J connectivity index is 2.56. The van der Waals surface area contributed by atoms with Crippen molar-refractivity contribution in [1.29, 1.82) is 0 Å². The Labute approximate surface area is 121 Å². The van der Waals surface area contributed by atoms with Crippen molar-refractivity contribution in [3.63, 3.8) is 0 Å². The SMILES string of the molecule is COC(=O)NC(=O)[C@H](C)N(C)Cc1ccc(Br)cc1. The highest BCUT2D eigenvalue weighted by molar-refractivity contribution is 9.10. The van der Waals surface area contributed by atoms with Gasteiger partial charge in [-0.15, -0.1) is 0 Å². The van der Waals surface area contributed by atoms with Gasteiger partial charge in [0.1, 0.15) is 0 Å².